The second-order valence-corrected chi connectivity index (χ2v) is 11.2. The summed E-state index contributed by atoms with van der Waals surface area (Å²) < 4.78 is 27.1. The van der Waals surface area contributed by atoms with Crippen molar-refractivity contribution in [1.29, 1.82) is 0 Å². The lowest BCUT2D eigenvalue weighted by Crippen LogP contribution is -2.38. The van der Waals surface area contributed by atoms with Crippen LogP contribution in [0.3, 0.4) is 0 Å². The summed E-state index contributed by atoms with van der Waals surface area (Å²) in [6.07, 6.45) is 6.31. The molecule has 0 radical (unpaired) electrons. The number of carbonyl (C=O) groups excluding carboxylic acids is 1. The summed E-state index contributed by atoms with van der Waals surface area (Å²) in [5.74, 6) is 0.758. The lowest BCUT2D eigenvalue weighted by atomic mass is 10.1. The summed E-state index contributed by atoms with van der Waals surface area (Å²) in [4.78, 5) is 19.9. The van der Waals surface area contributed by atoms with Crippen molar-refractivity contribution in [2.24, 2.45) is 0 Å². The fourth-order valence-electron chi connectivity index (χ4n) is 4.32. The van der Waals surface area contributed by atoms with Gasteiger partial charge in [-0.15, -0.1) is 15.0 Å². The molecule has 2 aromatic carbocycles. The minimum atomic E-state index is -3.86. The number of fused-ring (bicyclic) bond motifs is 1. The molecule has 40 heavy (non-hydrogen) atoms. The maximum Gasteiger partial charge on any atom is 0.321 e. The number of anilines is 2. The van der Waals surface area contributed by atoms with Gasteiger partial charge in [0.15, 0.2) is 5.65 Å². The van der Waals surface area contributed by atoms with Gasteiger partial charge in [-0.05, 0) is 63.0 Å². The molecule has 1 aliphatic heterocycles. The van der Waals surface area contributed by atoms with Crippen LogP contribution in [0.4, 0.5) is 16.6 Å². The predicted octanol–water partition coefficient (Wildman–Crippen LogP) is 3.17. The summed E-state index contributed by atoms with van der Waals surface area (Å²) in [6, 6.07) is 17.3. The van der Waals surface area contributed by atoms with Crippen molar-refractivity contribution in [3.05, 3.63) is 77.6 Å². The van der Waals surface area contributed by atoms with E-state index in [4.69, 9.17) is 0 Å². The van der Waals surface area contributed by atoms with E-state index in [0.29, 0.717) is 11.5 Å². The SMILES string of the molecule is Cc1ccc(S(=O)(=O)NNc2cc3nnc(NC(=O)NC4CCCNCC4)n3c(/C=C/c3ccccc3)n2)cc1. The minimum Gasteiger partial charge on any atom is -0.335 e. The average molecular weight is 562 g/mol. The molecule has 1 aliphatic rings. The first-order valence-electron chi connectivity index (χ1n) is 13.0. The van der Waals surface area contributed by atoms with Gasteiger partial charge >= 0.3 is 6.03 Å². The van der Waals surface area contributed by atoms with Crippen LogP contribution in [-0.4, -0.2) is 53.2 Å². The van der Waals surface area contributed by atoms with Crippen LogP contribution >= 0.6 is 0 Å². The highest BCUT2D eigenvalue weighted by atomic mass is 32.2. The number of nitrogens with one attached hydrogen (secondary N) is 5. The van der Waals surface area contributed by atoms with E-state index in [1.54, 1.807) is 22.6 Å². The van der Waals surface area contributed by atoms with Gasteiger partial charge in [0.25, 0.3) is 10.0 Å². The molecule has 5 rings (SSSR count). The molecule has 2 aromatic heterocycles. The quantitative estimate of drug-likeness (QED) is 0.206. The third kappa shape index (κ3) is 6.81. The zero-order valence-corrected chi connectivity index (χ0v) is 22.8. The highest BCUT2D eigenvalue weighted by Crippen LogP contribution is 2.18. The topological polar surface area (TPSA) is 154 Å². The van der Waals surface area contributed by atoms with Gasteiger partial charge in [-0.25, -0.2) is 22.6 Å². The summed E-state index contributed by atoms with van der Waals surface area (Å²) in [5, 5.41) is 17.5. The molecule has 2 amide bonds. The summed E-state index contributed by atoms with van der Waals surface area (Å²) in [5.41, 5.74) is 4.90. The van der Waals surface area contributed by atoms with Crippen LogP contribution in [0.5, 0.6) is 0 Å². The molecule has 208 valence electrons. The van der Waals surface area contributed by atoms with E-state index < -0.39 is 10.0 Å². The smallest absolute Gasteiger partial charge is 0.321 e. The van der Waals surface area contributed by atoms with Gasteiger partial charge in [0, 0.05) is 12.1 Å². The summed E-state index contributed by atoms with van der Waals surface area (Å²) in [6.45, 7) is 3.67. The maximum atomic E-state index is 12.8. The zero-order chi connectivity index (χ0) is 28.0. The fourth-order valence-corrected chi connectivity index (χ4v) is 5.17. The normalized spacial score (nSPS) is 16.1. The molecule has 1 atom stereocenters. The van der Waals surface area contributed by atoms with E-state index in [2.05, 4.69) is 41.4 Å². The van der Waals surface area contributed by atoms with Gasteiger partial charge in [-0.1, -0.05) is 54.1 Å². The molecule has 0 bridgehead atoms. The Labute approximate surface area is 232 Å². The van der Waals surface area contributed by atoms with Crippen LogP contribution in [0.1, 0.15) is 36.2 Å². The number of benzene rings is 2. The number of rotatable bonds is 8. The molecule has 1 saturated heterocycles. The third-order valence-corrected chi connectivity index (χ3v) is 7.69. The van der Waals surface area contributed by atoms with Crippen LogP contribution in [0, 0.1) is 6.92 Å². The Morgan fingerprint density at radius 1 is 1.02 bits per heavy atom. The second kappa shape index (κ2) is 12.2. The zero-order valence-electron chi connectivity index (χ0n) is 22.0. The molecule has 13 heteroatoms. The van der Waals surface area contributed by atoms with Crippen LogP contribution in [0.25, 0.3) is 17.8 Å². The molecule has 12 nitrogen and oxygen atoms in total. The predicted molar refractivity (Wildman–Crippen MR) is 154 cm³/mol. The molecule has 5 N–H and O–H groups in total. The molecule has 1 unspecified atom stereocenters. The molecule has 0 spiro atoms. The number of carbonyl (C=O) groups is 1. The second-order valence-electron chi connectivity index (χ2n) is 9.48. The molecule has 3 heterocycles. The first kappa shape index (κ1) is 27.2. The molecular formula is C27H31N9O3S. The molecule has 1 fully saturated rings. The van der Waals surface area contributed by atoms with Crippen LogP contribution in [0.15, 0.2) is 65.6 Å². The van der Waals surface area contributed by atoms with Crippen molar-refractivity contribution in [3.8, 4) is 0 Å². The Kier molecular flexibility index (Phi) is 8.34. The van der Waals surface area contributed by atoms with E-state index in [1.165, 1.54) is 18.2 Å². The van der Waals surface area contributed by atoms with Crippen molar-refractivity contribution in [2.75, 3.05) is 23.8 Å². The van der Waals surface area contributed by atoms with Crippen molar-refractivity contribution >= 4 is 45.6 Å². The van der Waals surface area contributed by atoms with Crippen molar-refractivity contribution < 1.29 is 13.2 Å². The number of aromatic nitrogens is 4. The van der Waals surface area contributed by atoms with Gasteiger partial charge in [0.1, 0.15) is 11.6 Å². The Morgan fingerprint density at radius 2 is 1.82 bits per heavy atom. The lowest BCUT2D eigenvalue weighted by Gasteiger charge is -2.16. The van der Waals surface area contributed by atoms with Gasteiger partial charge in [0.05, 0.1) is 4.90 Å². The number of hydrazine groups is 1. The van der Waals surface area contributed by atoms with Crippen molar-refractivity contribution in [3.63, 3.8) is 0 Å². The van der Waals surface area contributed by atoms with Crippen molar-refractivity contribution in [1.82, 2.24) is 35.0 Å². The van der Waals surface area contributed by atoms with Crippen molar-refractivity contribution in [2.45, 2.75) is 37.1 Å². The van der Waals surface area contributed by atoms with E-state index >= 15 is 0 Å². The van der Waals surface area contributed by atoms with Gasteiger partial charge in [-0.2, -0.15) is 0 Å². The highest BCUT2D eigenvalue weighted by molar-refractivity contribution is 7.89. The first-order valence-corrected chi connectivity index (χ1v) is 14.5. The Balaban J connectivity index is 1.41. The first-order chi connectivity index (χ1) is 19.4. The van der Waals surface area contributed by atoms with E-state index in [0.717, 1.165) is 43.5 Å². The average Bonchev–Trinajstić information content (AvgIpc) is 3.17. The van der Waals surface area contributed by atoms with E-state index in [-0.39, 0.29) is 28.7 Å². The number of aryl methyl sites for hydroxylation is 1. The third-order valence-electron chi connectivity index (χ3n) is 6.42. The van der Waals surface area contributed by atoms with Crippen LogP contribution in [-0.2, 0) is 10.0 Å². The van der Waals surface area contributed by atoms with Crippen LogP contribution in [0.2, 0.25) is 0 Å². The summed E-state index contributed by atoms with van der Waals surface area (Å²) in [7, 11) is -3.86. The minimum absolute atomic E-state index is 0.0575. The number of hydrogen-bond acceptors (Lipinski definition) is 8. The summed E-state index contributed by atoms with van der Waals surface area (Å²) >= 11 is 0. The molecule has 0 aliphatic carbocycles. The maximum absolute atomic E-state index is 12.8. The van der Waals surface area contributed by atoms with E-state index in [9.17, 15) is 13.2 Å². The molecular weight excluding hydrogens is 530 g/mol. The van der Waals surface area contributed by atoms with Gasteiger partial charge in [0.2, 0.25) is 5.95 Å². The fraction of sp³-hybridized carbons (Fsp3) is 0.259. The number of urea groups is 1. The number of nitrogens with zero attached hydrogens (tertiary/aromatic N) is 4. The van der Waals surface area contributed by atoms with Gasteiger partial charge < -0.3 is 10.6 Å². The number of sulfonamides is 1. The monoisotopic (exact) mass is 561 g/mol. The molecule has 4 aromatic rings. The standard InChI is InChI=1S/C27H31N9O3S/c1-19-9-12-22(13-10-19)40(38,39)35-32-23-18-25-33-34-26(31-27(37)29-21-8-5-16-28-17-15-21)36(25)24(30-23)14-11-20-6-3-2-4-7-20/h2-4,6-7,9-14,18,21,28,32,35H,5,8,15-17H2,1H3,(H2,29,31,34,37)/b14-11+. The molecule has 0 saturated carbocycles. The Morgan fingerprint density at radius 3 is 2.62 bits per heavy atom. The van der Waals surface area contributed by atoms with Crippen LogP contribution < -0.4 is 26.2 Å². The van der Waals surface area contributed by atoms with Gasteiger partial charge in [-0.3, -0.25) is 10.7 Å². The Bertz CT molecular complexity index is 1600. The number of hydrogen-bond donors (Lipinski definition) is 5. The lowest BCUT2D eigenvalue weighted by molar-refractivity contribution is 0.247. The highest BCUT2D eigenvalue weighted by Gasteiger charge is 2.19. The largest absolute Gasteiger partial charge is 0.335 e. The van der Waals surface area contributed by atoms with E-state index in [1.807, 2.05) is 43.3 Å². The Hall–Kier alpha value is -4.33. The number of amides is 2.